The van der Waals surface area contributed by atoms with Crippen LogP contribution < -0.4 is 16.1 Å². The largest absolute Gasteiger partial charge is 0.477 e. The summed E-state index contributed by atoms with van der Waals surface area (Å²) in [5.74, 6) is 9.52. The van der Waals surface area contributed by atoms with Gasteiger partial charge in [-0.2, -0.15) is 0 Å². The van der Waals surface area contributed by atoms with E-state index in [0.29, 0.717) is 98.2 Å². The Bertz CT molecular complexity index is 1650. The maximum Gasteiger partial charge on any atom is 0.257 e. The van der Waals surface area contributed by atoms with E-state index < -0.39 is 0 Å². The molecule has 23 nitrogen and oxygen atoms in total. The first-order chi connectivity index (χ1) is 46.7. The molecular formula is C72H156N12O11S2. The number of thioether (sulfide) groups is 2. The van der Waals surface area contributed by atoms with Crippen LogP contribution in [0.1, 0.15) is 256 Å². The van der Waals surface area contributed by atoms with Crippen molar-refractivity contribution in [2.24, 2.45) is 105 Å². The fourth-order valence-electron chi connectivity index (χ4n) is 6.06. The maximum absolute atomic E-state index is 5.16. The Labute approximate surface area is 606 Å². The van der Waals surface area contributed by atoms with Gasteiger partial charge in [-0.15, -0.1) is 11.8 Å². The molecule has 4 atom stereocenters. The zero-order chi connectivity index (χ0) is 76.8. The quantitative estimate of drug-likeness (QED) is 0.194. The van der Waals surface area contributed by atoms with E-state index in [0.717, 1.165) is 72.2 Å². The molecule has 9 aliphatic rings. The van der Waals surface area contributed by atoms with E-state index in [1.54, 1.807) is 29.9 Å². The van der Waals surface area contributed by atoms with E-state index in [1.165, 1.54) is 19.2 Å². The lowest BCUT2D eigenvalue weighted by molar-refractivity contribution is -0.0306. The first-order valence-electron chi connectivity index (χ1n) is 37.0. The van der Waals surface area contributed by atoms with Crippen LogP contribution >= 0.6 is 23.5 Å². The molecule has 9 heterocycles. The van der Waals surface area contributed by atoms with Gasteiger partial charge in [-0.05, 0) is 41.2 Å². The van der Waals surface area contributed by atoms with Crippen molar-refractivity contribution in [2.75, 3.05) is 84.3 Å². The number of aliphatic imine (C=N–C) groups is 3. The molecule has 9 rings (SSSR count). The van der Waals surface area contributed by atoms with Gasteiger partial charge in [-0.25, -0.2) is 0 Å². The molecule has 4 unspecified atom stereocenters. The predicted octanol–water partition coefficient (Wildman–Crippen LogP) is 19.1. The van der Waals surface area contributed by atoms with Crippen molar-refractivity contribution in [3.8, 4) is 0 Å². The molecule has 9 aliphatic heterocycles. The van der Waals surface area contributed by atoms with Crippen molar-refractivity contribution < 1.29 is 52.8 Å². The molecule has 582 valence electrons. The number of nitrogens with zero attached hydrogens (tertiary/aromatic N) is 9. The first kappa shape index (κ1) is 111. The molecule has 0 amide bonds. The molecular weight excluding hydrogens is 1270 g/mol. The predicted molar refractivity (Wildman–Crippen MR) is 426 cm³/mol. The molecule has 0 aromatic heterocycles. The van der Waals surface area contributed by atoms with Gasteiger partial charge in [0.2, 0.25) is 24.6 Å². The molecule has 0 aliphatic carbocycles. The monoisotopic (exact) mass is 1430 g/mol. The standard InChI is InChI=1S/2C7H14N2.C6H12N2O.3C6H11NO2.C6H11NOS.C5H9NO2.C5H9NOS.9C2H6/c1-6(2)7-3-8-5-9-4-7;1-6(2)7-3-4-8-5-9-7;1-5(2)6-7-3-4-9-8-6;1-5(2)6-3-9-7-4-8-6;1-5(2)6-3-8-4-7-9-6;1-5(2)6-7-9-4-3-8-6;1-5(2)6-7-8-3-4-9-6;1-4(2)5-6-8-3-7-5;1-4(2)5-6-7-3-8-5;9*1-2/h2*5-7H,3-4H2,1-2H3,(H,8,9);5H,3-4H2,1-2H3,(H,7,8);2*4-6H,3H2,1-2H3;2*5H,3-4H2,1-2H3;2*4H,3H2,1-2H3;9*1-2H3. The summed E-state index contributed by atoms with van der Waals surface area (Å²) in [5, 5.41) is 30.7. The topological polar surface area (TPSA) is 249 Å². The van der Waals surface area contributed by atoms with Gasteiger partial charge in [0.15, 0.2) is 25.3 Å². The number of oxime groups is 6. The van der Waals surface area contributed by atoms with Crippen molar-refractivity contribution in [3.63, 3.8) is 0 Å². The Morgan fingerprint density at radius 1 is 0.464 bits per heavy atom. The van der Waals surface area contributed by atoms with Gasteiger partial charge >= 0.3 is 0 Å². The molecule has 0 spiro atoms. The summed E-state index contributed by atoms with van der Waals surface area (Å²) in [4.78, 5) is 46.2. The number of amidine groups is 1. The summed E-state index contributed by atoms with van der Waals surface area (Å²) in [6.45, 7) is 82.0. The van der Waals surface area contributed by atoms with Crippen LogP contribution in [0, 0.1) is 59.2 Å². The molecule has 0 fully saturated rings. The van der Waals surface area contributed by atoms with Gasteiger partial charge in [-0.1, -0.05) is 287 Å². The zero-order valence-corrected chi connectivity index (χ0v) is 70.7. The van der Waals surface area contributed by atoms with Gasteiger partial charge in [0.05, 0.1) is 25.8 Å². The smallest absolute Gasteiger partial charge is 0.257 e. The lowest BCUT2D eigenvalue weighted by Crippen LogP contribution is -2.36. The molecule has 25 heteroatoms. The van der Waals surface area contributed by atoms with E-state index in [4.69, 9.17) is 48.0 Å². The Hall–Kier alpha value is -4.91. The molecule has 0 aromatic carbocycles. The van der Waals surface area contributed by atoms with Crippen LogP contribution in [0.3, 0.4) is 0 Å². The summed E-state index contributed by atoms with van der Waals surface area (Å²) >= 11 is 3.47. The van der Waals surface area contributed by atoms with E-state index >= 15 is 0 Å². The van der Waals surface area contributed by atoms with Gasteiger partial charge in [0, 0.05) is 61.0 Å². The first-order valence-corrected chi connectivity index (χ1v) is 39.0. The average Bonchev–Trinajstić information content (AvgIpc) is 4.24. The fourth-order valence-corrected chi connectivity index (χ4v) is 7.53. The Morgan fingerprint density at radius 2 is 1.01 bits per heavy atom. The highest BCUT2D eigenvalue weighted by molar-refractivity contribution is 8.14. The van der Waals surface area contributed by atoms with Crippen LogP contribution in [0.4, 0.5) is 0 Å². The third kappa shape index (κ3) is 70.7. The van der Waals surface area contributed by atoms with Crippen molar-refractivity contribution in [1.29, 1.82) is 0 Å². The minimum absolute atomic E-state index is 0.134. The highest BCUT2D eigenvalue weighted by Crippen LogP contribution is 2.19. The maximum atomic E-state index is 5.16. The van der Waals surface area contributed by atoms with Crippen molar-refractivity contribution in [2.45, 2.75) is 274 Å². The van der Waals surface area contributed by atoms with Crippen LogP contribution in [0.2, 0.25) is 0 Å². The molecule has 0 bridgehead atoms. The second-order valence-electron chi connectivity index (χ2n) is 21.5. The lowest BCUT2D eigenvalue weighted by atomic mass is 9.95. The summed E-state index contributed by atoms with van der Waals surface area (Å²) in [6.07, 6.45) is 7.83. The molecule has 0 aromatic rings. The molecule has 0 saturated heterocycles. The Balaban J connectivity index is -0.000000125. The zero-order valence-electron chi connectivity index (χ0n) is 69.0. The van der Waals surface area contributed by atoms with E-state index in [1.807, 2.05) is 159 Å². The van der Waals surface area contributed by atoms with E-state index in [2.05, 4.69) is 164 Å². The number of ether oxygens (including phenoxy) is 4. The molecule has 97 heavy (non-hydrogen) atoms. The molecule has 3 N–H and O–H groups in total. The van der Waals surface area contributed by atoms with Gasteiger partial charge in [0.25, 0.3) is 6.79 Å². The highest BCUT2D eigenvalue weighted by Gasteiger charge is 2.19. The van der Waals surface area contributed by atoms with E-state index in [-0.39, 0.29) is 19.0 Å². The van der Waals surface area contributed by atoms with E-state index in [9.17, 15) is 0 Å². The number of hydrogen-bond acceptors (Lipinski definition) is 25. The Kier molecular flexibility index (Phi) is 99.5. The van der Waals surface area contributed by atoms with Crippen LogP contribution in [0.25, 0.3) is 0 Å². The third-order valence-corrected chi connectivity index (χ3v) is 13.7. The minimum Gasteiger partial charge on any atom is -0.477 e. The van der Waals surface area contributed by atoms with Crippen LogP contribution in [-0.4, -0.2) is 156 Å². The normalized spacial score (nSPS) is 18.4. The summed E-state index contributed by atoms with van der Waals surface area (Å²) < 4.78 is 20.2. The molecule has 0 radical (unpaired) electrons. The van der Waals surface area contributed by atoms with Gasteiger partial charge in [0.1, 0.15) is 41.8 Å². The minimum atomic E-state index is 0.134. The van der Waals surface area contributed by atoms with Crippen LogP contribution in [-0.2, 0) is 52.8 Å². The summed E-state index contributed by atoms with van der Waals surface area (Å²) in [7, 11) is 0. The number of rotatable bonds is 9. The van der Waals surface area contributed by atoms with Crippen molar-refractivity contribution >= 4 is 76.7 Å². The number of nitrogens with one attached hydrogen (secondary N) is 3. The van der Waals surface area contributed by atoms with Gasteiger partial charge in [-0.3, -0.25) is 25.3 Å². The third-order valence-electron chi connectivity index (χ3n) is 11.4. The van der Waals surface area contributed by atoms with Crippen LogP contribution in [0.5, 0.6) is 0 Å². The average molecular weight is 1430 g/mol. The SMILES string of the molecule is CC.CC.CC.CC.CC.CC.CC.CC.CC.CC(C)C1=NCCON1.CC(C)C1=NOCCO1.CC(C)C1=NOCCS1.CC(C)C1=NOCO1.CC(C)C1=NOCS1.CC(C)C1CCN=CN1.CC(C)C1CN=CNC1.CC(C)C1COC=NO1.CC(C)C1CON=CO1. The second kappa shape index (κ2) is 87.2. The fraction of sp³-hybridized carbons (Fsp3) is 0.875. The van der Waals surface area contributed by atoms with Crippen LogP contribution in [0.15, 0.2) is 45.9 Å². The van der Waals surface area contributed by atoms with Crippen molar-refractivity contribution in [1.82, 2.24) is 16.1 Å². The summed E-state index contributed by atoms with van der Waals surface area (Å²) in [5.41, 5.74) is 2.77. The van der Waals surface area contributed by atoms with Crippen molar-refractivity contribution in [3.05, 3.63) is 0 Å². The lowest BCUT2D eigenvalue weighted by Gasteiger charge is -2.22. The molecule has 0 saturated carbocycles. The number of hydrogen-bond donors (Lipinski definition) is 3. The second-order valence-corrected chi connectivity index (χ2v) is 23.5. The Morgan fingerprint density at radius 3 is 1.27 bits per heavy atom. The number of hydroxylamine groups is 1. The van der Waals surface area contributed by atoms with Gasteiger partial charge < -0.3 is 58.6 Å². The highest BCUT2D eigenvalue weighted by atomic mass is 32.2. The summed E-state index contributed by atoms with van der Waals surface area (Å²) in [6, 6.07) is 0.655.